The number of carboxylic acid groups (broad SMARTS) is 1. The highest BCUT2D eigenvalue weighted by Crippen LogP contribution is 2.19. The van der Waals surface area contributed by atoms with Crippen LogP contribution in [0.4, 0.5) is 5.69 Å². The molecule has 0 saturated carbocycles. The molecule has 0 radical (unpaired) electrons. The first-order valence-electron chi connectivity index (χ1n) is 5.51. The third kappa shape index (κ3) is 4.03. The monoisotopic (exact) mass is 314 g/mol. The van der Waals surface area contributed by atoms with Gasteiger partial charge in [0, 0.05) is 16.2 Å². The highest BCUT2D eigenvalue weighted by molar-refractivity contribution is 9.10. The summed E-state index contributed by atoms with van der Waals surface area (Å²) >= 11 is 3.26. The number of carbonyl (C=O) groups is 2. The van der Waals surface area contributed by atoms with E-state index in [0.29, 0.717) is 22.1 Å². The van der Waals surface area contributed by atoms with Gasteiger partial charge in [0.05, 0.1) is 12.0 Å². The van der Waals surface area contributed by atoms with Gasteiger partial charge >= 0.3 is 5.97 Å². The standard InChI is InChI=1S/C12H15BrN2O3/c1-2-8(6-11(16)17)15-12(18)9-5-7(14)3-4-10(9)13/h3-5,8H,2,6,14H2,1H3,(H,15,18)(H,16,17). The summed E-state index contributed by atoms with van der Waals surface area (Å²) in [6.07, 6.45) is 0.458. The fourth-order valence-corrected chi connectivity index (χ4v) is 1.91. The number of carbonyl (C=O) groups excluding carboxylic acids is 1. The van der Waals surface area contributed by atoms with Crippen LogP contribution in [0.1, 0.15) is 30.1 Å². The molecule has 1 atom stereocenters. The Morgan fingerprint density at radius 1 is 1.50 bits per heavy atom. The van der Waals surface area contributed by atoms with Crippen molar-refractivity contribution in [3.05, 3.63) is 28.2 Å². The molecule has 0 bridgehead atoms. The lowest BCUT2D eigenvalue weighted by molar-refractivity contribution is -0.137. The molecule has 0 spiro atoms. The Morgan fingerprint density at radius 2 is 2.17 bits per heavy atom. The molecule has 0 aromatic heterocycles. The summed E-state index contributed by atoms with van der Waals surface area (Å²) in [7, 11) is 0. The Labute approximate surface area is 113 Å². The zero-order chi connectivity index (χ0) is 13.7. The van der Waals surface area contributed by atoms with Gasteiger partial charge in [0.15, 0.2) is 0 Å². The lowest BCUT2D eigenvalue weighted by Gasteiger charge is -2.15. The van der Waals surface area contributed by atoms with Crippen LogP contribution in [0.25, 0.3) is 0 Å². The lowest BCUT2D eigenvalue weighted by Crippen LogP contribution is -2.36. The minimum atomic E-state index is -0.936. The number of aliphatic carboxylic acids is 1. The summed E-state index contributed by atoms with van der Waals surface area (Å²) in [6.45, 7) is 1.82. The summed E-state index contributed by atoms with van der Waals surface area (Å²) in [6, 6.07) is 4.52. The number of rotatable bonds is 5. The largest absolute Gasteiger partial charge is 0.481 e. The van der Waals surface area contributed by atoms with E-state index in [1.807, 2.05) is 6.92 Å². The van der Waals surface area contributed by atoms with Gasteiger partial charge in [-0.25, -0.2) is 0 Å². The highest BCUT2D eigenvalue weighted by atomic mass is 79.9. The molecule has 0 aliphatic carbocycles. The van der Waals surface area contributed by atoms with E-state index in [2.05, 4.69) is 21.2 Å². The van der Waals surface area contributed by atoms with E-state index in [0.717, 1.165) is 0 Å². The predicted octanol–water partition coefficient (Wildman–Crippen LogP) is 2.01. The van der Waals surface area contributed by atoms with Crippen LogP contribution >= 0.6 is 15.9 Å². The Morgan fingerprint density at radius 3 is 2.72 bits per heavy atom. The number of nitrogen functional groups attached to an aromatic ring is 1. The molecule has 1 rings (SSSR count). The van der Waals surface area contributed by atoms with Crippen LogP contribution in [0.2, 0.25) is 0 Å². The number of amides is 1. The smallest absolute Gasteiger partial charge is 0.305 e. The van der Waals surface area contributed by atoms with Gasteiger partial charge in [-0.15, -0.1) is 0 Å². The Bertz CT molecular complexity index is 463. The van der Waals surface area contributed by atoms with Crippen molar-refractivity contribution < 1.29 is 14.7 Å². The topological polar surface area (TPSA) is 92.4 Å². The second kappa shape index (κ2) is 6.39. The van der Waals surface area contributed by atoms with Crippen molar-refractivity contribution >= 4 is 33.5 Å². The first-order valence-corrected chi connectivity index (χ1v) is 6.31. The summed E-state index contributed by atoms with van der Waals surface area (Å²) < 4.78 is 0.624. The first-order chi connectivity index (χ1) is 8.43. The van der Waals surface area contributed by atoms with Crippen LogP contribution in [-0.2, 0) is 4.79 Å². The van der Waals surface area contributed by atoms with Crippen LogP contribution < -0.4 is 11.1 Å². The molecule has 0 heterocycles. The average molecular weight is 315 g/mol. The Hall–Kier alpha value is -1.56. The zero-order valence-corrected chi connectivity index (χ0v) is 11.5. The number of nitrogens with one attached hydrogen (secondary N) is 1. The molecule has 1 aromatic rings. The fourth-order valence-electron chi connectivity index (χ4n) is 1.49. The summed E-state index contributed by atoms with van der Waals surface area (Å²) in [4.78, 5) is 22.6. The maximum absolute atomic E-state index is 12.0. The average Bonchev–Trinajstić information content (AvgIpc) is 2.30. The Kier molecular flexibility index (Phi) is 5.15. The van der Waals surface area contributed by atoms with Crippen molar-refractivity contribution in [2.24, 2.45) is 0 Å². The molecule has 0 aliphatic heterocycles. The van der Waals surface area contributed by atoms with E-state index in [4.69, 9.17) is 10.8 Å². The summed E-state index contributed by atoms with van der Waals surface area (Å²) in [5.74, 6) is -1.27. The van der Waals surface area contributed by atoms with Gasteiger partial charge in [-0.3, -0.25) is 9.59 Å². The molecule has 1 aromatic carbocycles. The van der Waals surface area contributed by atoms with Crippen molar-refractivity contribution in [1.29, 1.82) is 0 Å². The van der Waals surface area contributed by atoms with Gasteiger partial charge in [0.1, 0.15) is 0 Å². The molecular weight excluding hydrogens is 300 g/mol. The van der Waals surface area contributed by atoms with E-state index in [1.165, 1.54) is 0 Å². The van der Waals surface area contributed by atoms with Gasteiger partial charge < -0.3 is 16.2 Å². The van der Waals surface area contributed by atoms with Gasteiger partial charge in [-0.2, -0.15) is 0 Å². The van der Waals surface area contributed by atoms with Crippen LogP contribution in [0.3, 0.4) is 0 Å². The quantitative estimate of drug-likeness (QED) is 0.725. The number of benzene rings is 1. The summed E-state index contributed by atoms with van der Waals surface area (Å²) in [5.41, 5.74) is 6.50. The molecule has 98 valence electrons. The number of halogens is 1. The number of nitrogens with two attached hydrogens (primary N) is 1. The minimum Gasteiger partial charge on any atom is -0.481 e. The number of carboxylic acids is 1. The molecule has 1 amide bonds. The first kappa shape index (κ1) is 14.5. The van der Waals surface area contributed by atoms with E-state index in [1.54, 1.807) is 18.2 Å². The molecule has 0 saturated heterocycles. The lowest BCUT2D eigenvalue weighted by atomic mass is 10.1. The van der Waals surface area contributed by atoms with E-state index in [-0.39, 0.29) is 18.4 Å². The Balaban J connectivity index is 2.80. The van der Waals surface area contributed by atoms with E-state index in [9.17, 15) is 9.59 Å². The van der Waals surface area contributed by atoms with Gasteiger partial charge in [-0.05, 0) is 40.5 Å². The number of hydrogen-bond donors (Lipinski definition) is 3. The zero-order valence-electron chi connectivity index (χ0n) is 9.94. The van der Waals surface area contributed by atoms with Gasteiger partial charge in [-0.1, -0.05) is 6.92 Å². The van der Waals surface area contributed by atoms with Gasteiger partial charge in [0.2, 0.25) is 0 Å². The van der Waals surface area contributed by atoms with Gasteiger partial charge in [0.25, 0.3) is 5.91 Å². The van der Waals surface area contributed by atoms with Crippen LogP contribution in [0, 0.1) is 0 Å². The SMILES string of the molecule is CCC(CC(=O)O)NC(=O)c1cc(N)ccc1Br. The second-order valence-corrected chi connectivity index (χ2v) is 4.77. The molecule has 0 aliphatic rings. The molecule has 1 unspecified atom stereocenters. The maximum Gasteiger partial charge on any atom is 0.305 e. The fraction of sp³-hybridized carbons (Fsp3) is 0.333. The third-order valence-corrected chi connectivity index (χ3v) is 3.18. The number of anilines is 1. The molecular formula is C12H15BrN2O3. The third-order valence-electron chi connectivity index (χ3n) is 2.48. The van der Waals surface area contributed by atoms with Crippen LogP contribution in [-0.4, -0.2) is 23.0 Å². The van der Waals surface area contributed by atoms with Crippen molar-refractivity contribution in [1.82, 2.24) is 5.32 Å². The van der Waals surface area contributed by atoms with E-state index >= 15 is 0 Å². The van der Waals surface area contributed by atoms with Crippen molar-refractivity contribution in [2.45, 2.75) is 25.8 Å². The molecule has 18 heavy (non-hydrogen) atoms. The second-order valence-electron chi connectivity index (χ2n) is 3.92. The maximum atomic E-state index is 12.0. The molecule has 5 nitrogen and oxygen atoms in total. The molecule has 6 heteroatoms. The minimum absolute atomic E-state index is 0.0951. The molecule has 4 N–H and O–H groups in total. The summed E-state index contributed by atoms with van der Waals surface area (Å²) in [5, 5.41) is 11.4. The van der Waals surface area contributed by atoms with E-state index < -0.39 is 5.97 Å². The normalized spacial score (nSPS) is 11.9. The molecule has 0 fully saturated rings. The van der Waals surface area contributed by atoms with Crippen LogP contribution in [0.15, 0.2) is 22.7 Å². The predicted molar refractivity (Wildman–Crippen MR) is 72.4 cm³/mol. The van der Waals surface area contributed by atoms with Crippen molar-refractivity contribution in [3.8, 4) is 0 Å². The van der Waals surface area contributed by atoms with Crippen LogP contribution in [0.5, 0.6) is 0 Å². The number of hydrogen-bond acceptors (Lipinski definition) is 3. The highest BCUT2D eigenvalue weighted by Gasteiger charge is 2.17. The van der Waals surface area contributed by atoms with Crippen molar-refractivity contribution in [3.63, 3.8) is 0 Å². The van der Waals surface area contributed by atoms with Crippen molar-refractivity contribution in [2.75, 3.05) is 5.73 Å².